The molecule has 0 aromatic carbocycles. The lowest BCUT2D eigenvalue weighted by atomic mass is 9.94. The Labute approximate surface area is 90.9 Å². The number of rotatable bonds is 4. The first-order chi connectivity index (χ1) is 6.48. The number of nitrogens with zero attached hydrogens (tertiary/aromatic N) is 1. The standard InChI is InChI=1S/C10H19NO2S/c1-10(2,7-12)6-11-4-8(5-14)3-9(11)13/h8,12,14H,3-7H2,1-2H3. The molecule has 82 valence electrons. The van der Waals surface area contributed by atoms with E-state index in [1.807, 2.05) is 18.7 Å². The van der Waals surface area contributed by atoms with E-state index in [-0.39, 0.29) is 17.9 Å². The highest BCUT2D eigenvalue weighted by Crippen LogP contribution is 2.23. The van der Waals surface area contributed by atoms with Crippen LogP contribution >= 0.6 is 12.6 Å². The molecule has 0 saturated carbocycles. The molecule has 0 aromatic heterocycles. The lowest BCUT2D eigenvalue weighted by molar-refractivity contribution is -0.129. The molecule has 1 N–H and O–H groups in total. The molecule has 0 radical (unpaired) electrons. The van der Waals surface area contributed by atoms with E-state index in [2.05, 4.69) is 12.6 Å². The highest BCUT2D eigenvalue weighted by Gasteiger charge is 2.32. The smallest absolute Gasteiger partial charge is 0.222 e. The minimum atomic E-state index is -0.193. The van der Waals surface area contributed by atoms with Crippen molar-refractivity contribution in [3.8, 4) is 0 Å². The third kappa shape index (κ3) is 2.89. The van der Waals surface area contributed by atoms with Crippen LogP contribution < -0.4 is 0 Å². The summed E-state index contributed by atoms with van der Waals surface area (Å²) in [6.45, 7) is 5.49. The van der Waals surface area contributed by atoms with Crippen molar-refractivity contribution in [3.63, 3.8) is 0 Å². The fraction of sp³-hybridized carbons (Fsp3) is 0.900. The van der Waals surface area contributed by atoms with Crippen LogP contribution in [0.25, 0.3) is 0 Å². The number of hydrogen-bond donors (Lipinski definition) is 2. The molecule has 1 unspecified atom stereocenters. The SMILES string of the molecule is CC(C)(CO)CN1CC(CS)CC1=O. The highest BCUT2D eigenvalue weighted by molar-refractivity contribution is 7.80. The van der Waals surface area contributed by atoms with E-state index in [0.717, 1.165) is 12.3 Å². The van der Waals surface area contributed by atoms with Crippen molar-refractivity contribution in [1.29, 1.82) is 0 Å². The van der Waals surface area contributed by atoms with Gasteiger partial charge in [0.25, 0.3) is 0 Å². The second-order valence-electron chi connectivity index (χ2n) is 4.85. The third-order valence-electron chi connectivity index (χ3n) is 2.60. The van der Waals surface area contributed by atoms with E-state index in [9.17, 15) is 4.79 Å². The van der Waals surface area contributed by atoms with Crippen molar-refractivity contribution in [2.75, 3.05) is 25.4 Å². The second kappa shape index (κ2) is 4.53. The Bertz CT molecular complexity index is 218. The van der Waals surface area contributed by atoms with Gasteiger partial charge >= 0.3 is 0 Å². The fourth-order valence-electron chi connectivity index (χ4n) is 1.70. The molecule has 1 amide bonds. The number of hydrogen-bond acceptors (Lipinski definition) is 3. The van der Waals surface area contributed by atoms with Crippen molar-refractivity contribution >= 4 is 18.5 Å². The Morgan fingerprint density at radius 2 is 2.29 bits per heavy atom. The Morgan fingerprint density at radius 1 is 1.64 bits per heavy atom. The molecule has 0 aromatic rings. The molecule has 1 saturated heterocycles. The predicted octanol–water partition coefficient (Wildman–Crippen LogP) is 0.783. The van der Waals surface area contributed by atoms with Crippen molar-refractivity contribution < 1.29 is 9.90 Å². The molecule has 1 rings (SSSR count). The van der Waals surface area contributed by atoms with Gasteiger partial charge in [-0.25, -0.2) is 0 Å². The van der Waals surface area contributed by atoms with E-state index in [1.165, 1.54) is 0 Å². The molecule has 0 bridgehead atoms. The summed E-state index contributed by atoms with van der Waals surface area (Å²) in [6.07, 6.45) is 0.616. The van der Waals surface area contributed by atoms with E-state index < -0.39 is 0 Å². The molecule has 1 aliphatic rings. The molecule has 0 aliphatic carbocycles. The van der Waals surface area contributed by atoms with Crippen LogP contribution in [0.15, 0.2) is 0 Å². The largest absolute Gasteiger partial charge is 0.396 e. The van der Waals surface area contributed by atoms with Gasteiger partial charge in [-0.2, -0.15) is 12.6 Å². The summed E-state index contributed by atoms with van der Waals surface area (Å²) in [5, 5.41) is 9.11. The van der Waals surface area contributed by atoms with Gasteiger partial charge in [-0.1, -0.05) is 13.8 Å². The minimum Gasteiger partial charge on any atom is -0.396 e. The van der Waals surface area contributed by atoms with E-state index in [4.69, 9.17) is 5.11 Å². The third-order valence-corrected chi connectivity index (χ3v) is 3.12. The molecule has 1 heterocycles. The lowest BCUT2D eigenvalue weighted by Gasteiger charge is -2.28. The average Bonchev–Trinajstić information content (AvgIpc) is 2.47. The second-order valence-corrected chi connectivity index (χ2v) is 5.21. The molecule has 3 nitrogen and oxygen atoms in total. The molecule has 1 aliphatic heterocycles. The maximum Gasteiger partial charge on any atom is 0.222 e. The van der Waals surface area contributed by atoms with Crippen LogP contribution in [0.3, 0.4) is 0 Å². The first-order valence-corrected chi connectivity index (χ1v) is 5.61. The highest BCUT2D eigenvalue weighted by atomic mass is 32.1. The summed E-state index contributed by atoms with van der Waals surface area (Å²) in [5.41, 5.74) is -0.193. The van der Waals surface area contributed by atoms with Crippen LogP contribution in [0.5, 0.6) is 0 Å². The van der Waals surface area contributed by atoms with Gasteiger partial charge < -0.3 is 10.0 Å². The van der Waals surface area contributed by atoms with Gasteiger partial charge in [0.15, 0.2) is 0 Å². The number of amides is 1. The van der Waals surface area contributed by atoms with E-state index in [1.54, 1.807) is 0 Å². The normalized spacial score (nSPS) is 23.3. The number of aliphatic hydroxyl groups excluding tert-OH is 1. The lowest BCUT2D eigenvalue weighted by Crippen LogP contribution is -2.37. The number of carbonyl (C=O) groups excluding carboxylic acids is 1. The summed E-state index contributed by atoms with van der Waals surface area (Å²) in [6, 6.07) is 0. The Kier molecular flexibility index (Phi) is 3.84. The monoisotopic (exact) mass is 217 g/mol. The topological polar surface area (TPSA) is 40.5 Å². The molecule has 4 heteroatoms. The van der Waals surface area contributed by atoms with Gasteiger partial charge in [0.1, 0.15) is 0 Å². The molecular weight excluding hydrogens is 198 g/mol. The molecular formula is C10H19NO2S. The van der Waals surface area contributed by atoms with Gasteiger partial charge in [-0.05, 0) is 11.7 Å². The predicted molar refractivity (Wildman–Crippen MR) is 59.4 cm³/mol. The first-order valence-electron chi connectivity index (χ1n) is 4.98. The summed E-state index contributed by atoms with van der Waals surface area (Å²) in [7, 11) is 0. The summed E-state index contributed by atoms with van der Waals surface area (Å²) >= 11 is 4.20. The fourth-order valence-corrected chi connectivity index (χ4v) is 1.94. The van der Waals surface area contributed by atoms with Gasteiger partial charge in [-0.3, -0.25) is 4.79 Å². The maximum atomic E-state index is 11.5. The van der Waals surface area contributed by atoms with Crippen LogP contribution in [0, 0.1) is 11.3 Å². The van der Waals surface area contributed by atoms with Crippen LogP contribution in [0.4, 0.5) is 0 Å². The van der Waals surface area contributed by atoms with Gasteiger partial charge in [0, 0.05) is 31.5 Å². The maximum absolute atomic E-state index is 11.5. The molecule has 1 atom stereocenters. The average molecular weight is 217 g/mol. The quantitative estimate of drug-likeness (QED) is 0.683. The Hall–Kier alpha value is -0.220. The number of likely N-dealkylation sites (tertiary alicyclic amines) is 1. The number of carbonyl (C=O) groups is 1. The van der Waals surface area contributed by atoms with E-state index in [0.29, 0.717) is 18.9 Å². The van der Waals surface area contributed by atoms with Crippen molar-refractivity contribution in [2.45, 2.75) is 20.3 Å². The van der Waals surface area contributed by atoms with Crippen LogP contribution in [0.2, 0.25) is 0 Å². The van der Waals surface area contributed by atoms with E-state index >= 15 is 0 Å². The zero-order valence-corrected chi connectivity index (χ0v) is 9.76. The minimum absolute atomic E-state index is 0.113. The Morgan fingerprint density at radius 3 is 2.71 bits per heavy atom. The van der Waals surface area contributed by atoms with Crippen molar-refractivity contribution in [3.05, 3.63) is 0 Å². The molecule has 0 spiro atoms. The van der Waals surface area contributed by atoms with Crippen molar-refractivity contribution in [1.82, 2.24) is 4.90 Å². The number of aliphatic hydroxyl groups is 1. The number of thiol groups is 1. The van der Waals surface area contributed by atoms with Gasteiger partial charge in [-0.15, -0.1) is 0 Å². The molecule has 14 heavy (non-hydrogen) atoms. The van der Waals surface area contributed by atoms with Crippen molar-refractivity contribution in [2.24, 2.45) is 11.3 Å². The molecule has 1 fully saturated rings. The van der Waals surface area contributed by atoms with Gasteiger partial charge in [0.05, 0.1) is 0 Å². The zero-order chi connectivity index (χ0) is 10.8. The first kappa shape index (κ1) is 11.9. The van der Waals surface area contributed by atoms with Gasteiger partial charge in [0.2, 0.25) is 5.91 Å². The van der Waals surface area contributed by atoms with Crippen LogP contribution in [0.1, 0.15) is 20.3 Å². The van der Waals surface area contributed by atoms with Crippen LogP contribution in [-0.2, 0) is 4.79 Å². The van der Waals surface area contributed by atoms with Crippen LogP contribution in [-0.4, -0.2) is 41.4 Å². The summed E-state index contributed by atoms with van der Waals surface area (Å²) < 4.78 is 0. The Balaban J connectivity index is 2.50. The summed E-state index contributed by atoms with van der Waals surface area (Å²) in [4.78, 5) is 13.4. The zero-order valence-electron chi connectivity index (χ0n) is 8.86. The summed E-state index contributed by atoms with van der Waals surface area (Å²) in [5.74, 6) is 1.35.